The van der Waals surface area contributed by atoms with Crippen LogP contribution in [0.1, 0.15) is 52.7 Å². The minimum atomic E-state index is -0.0478. The van der Waals surface area contributed by atoms with Crippen LogP contribution in [0.4, 0.5) is 0 Å². The molecule has 0 aliphatic carbocycles. The van der Waals surface area contributed by atoms with Crippen molar-refractivity contribution in [2.75, 3.05) is 0 Å². The van der Waals surface area contributed by atoms with Crippen molar-refractivity contribution >= 4 is 21.8 Å². The molecule has 0 radical (unpaired) electrons. The number of hydrogen-bond acceptors (Lipinski definition) is 3. The molecule has 4 nitrogen and oxygen atoms in total. The summed E-state index contributed by atoms with van der Waals surface area (Å²) in [6, 6.07) is 66.2. The maximum absolute atomic E-state index is 11.1. The molecule has 0 fully saturated rings. The molecule has 0 bridgehead atoms. The van der Waals surface area contributed by atoms with E-state index in [2.05, 4.69) is 210 Å². The number of aromatic nitrogens is 3. The summed E-state index contributed by atoms with van der Waals surface area (Å²) in [5.41, 5.74) is 17.6. The van der Waals surface area contributed by atoms with Gasteiger partial charge in [0.2, 0.25) is 0 Å². The fourth-order valence-corrected chi connectivity index (χ4v) is 8.97. The van der Waals surface area contributed by atoms with E-state index in [4.69, 9.17) is 9.97 Å². The summed E-state index contributed by atoms with van der Waals surface area (Å²) >= 11 is 0. The Labute approximate surface area is 376 Å². The lowest BCUT2D eigenvalue weighted by Gasteiger charge is -2.26. The first-order valence-corrected chi connectivity index (χ1v) is 22.1. The number of hydrogen-bond donors (Lipinski definition) is 1. The van der Waals surface area contributed by atoms with Crippen molar-refractivity contribution in [1.82, 2.24) is 14.5 Å². The van der Waals surface area contributed by atoms with E-state index in [1.54, 1.807) is 6.07 Å². The molecule has 4 heteroatoms. The second-order valence-corrected chi connectivity index (χ2v) is 18.9. The van der Waals surface area contributed by atoms with Gasteiger partial charge in [0, 0.05) is 44.9 Å². The molecule has 1 N–H and O–H groups in total. The topological polar surface area (TPSA) is 50.9 Å². The molecule has 0 saturated heterocycles. The highest BCUT2D eigenvalue weighted by Gasteiger charge is 2.23. The second kappa shape index (κ2) is 16.0. The average Bonchev–Trinajstić information content (AvgIpc) is 3.65. The minimum Gasteiger partial charge on any atom is -0.507 e. The lowest BCUT2D eigenvalue weighted by molar-refractivity contribution is 0.477. The zero-order valence-electron chi connectivity index (χ0n) is 37.3. The molecule has 0 unspecified atom stereocenters. The summed E-state index contributed by atoms with van der Waals surface area (Å²) in [6.45, 7) is 13.6. The normalized spacial score (nSPS) is 12.0. The van der Waals surface area contributed by atoms with Gasteiger partial charge in [0.05, 0.1) is 28.1 Å². The molecule has 7 aromatic carbocycles. The van der Waals surface area contributed by atoms with E-state index in [-0.39, 0.29) is 16.6 Å². The van der Waals surface area contributed by atoms with Gasteiger partial charge in [0.25, 0.3) is 0 Å². The number of phenols is 1. The number of benzene rings is 7. The van der Waals surface area contributed by atoms with E-state index in [0.29, 0.717) is 11.3 Å². The van der Waals surface area contributed by atoms with E-state index in [1.807, 2.05) is 24.4 Å². The van der Waals surface area contributed by atoms with Crippen LogP contribution in [0.15, 0.2) is 194 Å². The van der Waals surface area contributed by atoms with Gasteiger partial charge in [-0.2, -0.15) is 0 Å². The molecular formula is C60H51N3O. The average molecular weight is 830 g/mol. The molecule has 10 aromatic rings. The van der Waals surface area contributed by atoms with Crippen LogP contribution in [0.3, 0.4) is 0 Å². The third-order valence-electron chi connectivity index (χ3n) is 12.4. The first-order chi connectivity index (χ1) is 30.9. The van der Waals surface area contributed by atoms with Crippen molar-refractivity contribution in [3.8, 4) is 78.6 Å². The summed E-state index contributed by atoms with van der Waals surface area (Å²) in [5, 5.41) is 13.5. The van der Waals surface area contributed by atoms with Crippen LogP contribution in [-0.2, 0) is 10.8 Å². The fraction of sp³-hybridized carbons (Fsp3) is 0.133. The number of para-hydroxylation sites is 3. The molecule has 10 rings (SSSR count). The summed E-state index contributed by atoms with van der Waals surface area (Å²) in [5.74, 6) is 0.197. The lowest BCUT2D eigenvalue weighted by Crippen LogP contribution is -2.16. The zero-order valence-corrected chi connectivity index (χ0v) is 37.3. The summed E-state index contributed by atoms with van der Waals surface area (Å²) < 4.78 is 2.41. The van der Waals surface area contributed by atoms with Crippen molar-refractivity contribution in [3.05, 3.63) is 205 Å². The second-order valence-electron chi connectivity index (χ2n) is 18.9. The Morgan fingerprint density at radius 1 is 0.422 bits per heavy atom. The first kappa shape index (κ1) is 40.5. The maximum atomic E-state index is 11.1. The molecule has 3 heterocycles. The number of rotatable bonds is 7. The Kier molecular flexibility index (Phi) is 10.1. The van der Waals surface area contributed by atoms with Crippen molar-refractivity contribution in [3.63, 3.8) is 0 Å². The highest BCUT2D eigenvalue weighted by molar-refractivity contribution is 6.16. The number of fused-ring (bicyclic) bond motifs is 3. The van der Waals surface area contributed by atoms with Crippen LogP contribution in [0.2, 0.25) is 0 Å². The molecule has 0 aliphatic rings. The molecule has 312 valence electrons. The van der Waals surface area contributed by atoms with Gasteiger partial charge in [-0.05, 0) is 110 Å². The molecule has 0 atom stereocenters. The van der Waals surface area contributed by atoms with Crippen LogP contribution in [0.25, 0.3) is 94.6 Å². The van der Waals surface area contributed by atoms with Crippen molar-refractivity contribution in [2.45, 2.75) is 52.4 Å². The summed E-state index contributed by atoms with van der Waals surface area (Å²) in [6.07, 6.45) is 1.94. The zero-order chi connectivity index (χ0) is 44.2. The van der Waals surface area contributed by atoms with Crippen molar-refractivity contribution in [2.24, 2.45) is 0 Å². The van der Waals surface area contributed by atoms with Crippen LogP contribution >= 0.6 is 0 Å². The molecule has 0 amide bonds. The molecule has 0 saturated carbocycles. The van der Waals surface area contributed by atoms with E-state index in [0.717, 1.165) is 72.6 Å². The largest absolute Gasteiger partial charge is 0.507 e. The van der Waals surface area contributed by atoms with E-state index < -0.39 is 0 Å². The van der Waals surface area contributed by atoms with Crippen LogP contribution in [-0.4, -0.2) is 19.6 Å². The Morgan fingerprint density at radius 2 is 1.02 bits per heavy atom. The van der Waals surface area contributed by atoms with Gasteiger partial charge in [-0.3, -0.25) is 4.98 Å². The SMILES string of the molecule is CC(C)(C)c1cc(-c2cc(-c3cccc(-c4cc(-c5c(-c6ccccc6)ccc6c7ccccc7n(-c7ccccc7)c56)ccn4)c3)nc(-c3ccccc3O)c2)cc(C(C)(C)C)c1. The lowest BCUT2D eigenvalue weighted by atomic mass is 9.79. The number of nitrogens with zero attached hydrogens (tertiary/aromatic N) is 3. The number of pyridine rings is 2. The monoisotopic (exact) mass is 829 g/mol. The Hall–Kier alpha value is -7.56. The van der Waals surface area contributed by atoms with Crippen molar-refractivity contribution < 1.29 is 5.11 Å². The molecule has 0 spiro atoms. The third kappa shape index (κ3) is 7.56. The van der Waals surface area contributed by atoms with Crippen LogP contribution in [0.5, 0.6) is 5.75 Å². The Bertz CT molecular complexity index is 3320. The van der Waals surface area contributed by atoms with Crippen LogP contribution < -0.4 is 0 Å². The molecule has 64 heavy (non-hydrogen) atoms. The Morgan fingerprint density at radius 3 is 1.73 bits per heavy atom. The van der Waals surface area contributed by atoms with Crippen molar-refractivity contribution in [1.29, 1.82) is 0 Å². The van der Waals surface area contributed by atoms with Gasteiger partial charge in [-0.15, -0.1) is 0 Å². The predicted molar refractivity (Wildman–Crippen MR) is 268 cm³/mol. The summed E-state index contributed by atoms with van der Waals surface area (Å²) in [7, 11) is 0. The van der Waals surface area contributed by atoms with Gasteiger partial charge >= 0.3 is 0 Å². The fourth-order valence-electron chi connectivity index (χ4n) is 8.97. The first-order valence-electron chi connectivity index (χ1n) is 22.1. The quantitative estimate of drug-likeness (QED) is 0.174. The van der Waals surface area contributed by atoms with Gasteiger partial charge in [-0.1, -0.05) is 169 Å². The minimum absolute atomic E-state index is 0.0478. The van der Waals surface area contributed by atoms with E-state index >= 15 is 0 Å². The predicted octanol–water partition coefficient (Wildman–Crippen LogP) is 15.9. The van der Waals surface area contributed by atoms with Gasteiger partial charge < -0.3 is 9.67 Å². The highest BCUT2D eigenvalue weighted by atomic mass is 16.3. The standard InChI is InChI=1S/C60H51N3O/c1-59(2,3)45-33-43(34-46(38-45)60(4,5)6)44-36-53(62-54(37-44)51-25-14-16-27-56(51)64)41-21-17-20-40(32-41)52-35-42(30-31-61-52)57-48(39-18-9-7-10-19-39)28-29-50-49-24-13-15-26-55(49)63(58(50)57)47-22-11-8-12-23-47/h7-38,64H,1-6H3. The highest BCUT2D eigenvalue weighted by Crippen LogP contribution is 2.45. The molecular weight excluding hydrogens is 779 g/mol. The number of phenolic OH excluding ortho intramolecular Hbond substituents is 1. The van der Waals surface area contributed by atoms with Gasteiger partial charge in [0.15, 0.2) is 0 Å². The number of aromatic hydroxyl groups is 1. The molecule has 0 aliphatic heterocycles. The molecule has 3 aromatic heterocycles. The van der Waals surface area contributed by atoms with Crippen LogP contribution in [0, 0.1) is 0 Å². The Balaban J connectivity index is 1.16. The smallest absolute Gasteiger partial charge is 0.124 e. The van der Waals surface area contributed by atoms with E-state index in [1.165, 1.54) is 21.9 Å². The van der Waals surface area contributed by atoms with Gasteiger partial charge in [-0.25, -0.2) is 4.98 Å². The van der Waals surface area contributed by atoms with Gasteiger partial charge in [0.1, 0.15) is 5.75 Å². The summed E-state index contributed by atoms with van der Waals surface area (Å²) in [4.78, 5) is 10.3. The van der Waals surface area contributed by atoms with E-state index in [9.17, 15) is 5.11 Å². The third-order valence-corrected chi connectivity index (χ3v) is 12.4. The maximum Gasteiger partial charge on any atom is 0.124 e.